The second-order valence-corrected chi connectivity index (χ2v) is 8.49. The minimum Gasteiger partial charge on any atom is -0.376 e. The molecular formula is C15H23N3O4S. The molecule has 2 saturated heterocycles. The molecule has 7 nitrogen and oxygen atoms in total. The molecule has 0 radical (unpaired) electrons. The minimum atomic E-state index is -3.17. The molecule has 1 N–H and O–H groups in total. The van der Waals surface area contributed by atoms with E-state index in [1.807, 2.05) is 19.3 Å². The van der Waals surface area contributed by atoms with E-state index in [-0.39, 0.29) is 29.6 Å². The molecule has 1 aromatic heterocycles. The smallest absolute Gasteiger partial charge is 0.267 e. The van der Waals surface area contributed by atoms with E-state index in [0.29, 0.717) is 31.9 Å². The number of hydrogen-bond acceptors (Lipinski definition) is 4. The van der Waals surface area contributed by atoms with Crippen LogP contribution < -0.4 is 5.32 Å². The standard InChI is InChI=1S/C15H23N3O4S/c1-3-23(20,21)18-8-12-11(10-22-14(12)9-18)7-16-15(19)13-5-4-6-17(13)2/h4-6,11-12,14H,3,7-10H2,1-2H3,(H,16,19)/t11-,12+,14+/m0/s1. The molecule has 0 unspecified atom stereocenters. The second kappa shape index (κ2) is 6.26. The largest absolute Gasteiger partial charge is 0.376 e. The van der Waals surface area contributed by atoms with Crippen molar-refractivity contribution in [2.45, 2.75) is 13.0 Å². The van der Waals surface area contributed by atoms with Gasteiger partial charge < -0.3 is 14.6 Å². The molecule has 2 aliphatic heterocycles. The van der Waals surface area contributed by atoms with Gasteiger partial charge in [0, 0.05) is 44.7 Å². The highest BCUT2D eigenvalue weighted by Crippen LogP contribution is 2.34. The van der Waals surface area contributed by atoms with Crippen LogP contribution in [-0.2, 0) is 21.8 Å². The van der Waals surface area contributed by atoms with Crippen LogP contribution in [0.3, 0.4) is 0 Å². The SMILES string of the molecule is CCS(=O)(=O)N1C[C@@H]2[C@@H](CNC(=O)c3cccn3C)CO[C@@H]2C1. The van der Waals surface area contributed by atoms with Gasteiger partial charge in [0.1, 0.15) is 5.69 Å². The average molecular weight is 341 g/mol. The van der Waals surface area contributed by atoms with Gasteiger partial charge >= 0.3 is 0 Å². The predicted molar refractivity (Wildman–Crippen MR) is 85.5 cm³/mol. The van der Waals surface area contributed by atoms with Crippen LogP contribution in [0.5, 0.6) is 0 Å². The summed E-state index contributed by atoms with van der Waals surface area (Å²) in [6.07, 6.45) is 1.78. The molecule has 3 heterocycles. The zero-order valence-electron chi connectivity index (χ0n) is 13.4. The summed E-state index contributed by atoms with van der Waals surface area (Å²) in [5.41, 5.74) is 0.613. The lowest BCUT2D eigenvalue weighted by atomic mass is 9.93. The summed E-state index contributed by atoms with van der Waals surface area (Å²) in [6.45, 7) is 3.66. The highest BCUT2D eigenvalue weighted by molar-refractivity contribution is 7.89. The van der Waals surface area contributed by atoms with E-state index in [9.17, 15) is 13.2 Å². The van der Waals surface area contributed by atoms with Crippen molar-refractivity contribution < 1.29 is 17.9 Å². The molecule has 3 rings (SSSR count). The quantitative estimate of drug-likeness (QED) is 0.821. The number of amides is 1. The molecule has 23 heavy (non-hydrogen) atoms. The van der Waals surface area contributed by atoms with Crippen LogP contribution in [0.4, 0.5) is 0 Å². The fourth-order valence-electron chi connectivity index (χ4n) is 3.39. The normalized spacial score (nSPS) is 28.0. The van der Waals surface area contributed by atoms with Crippen LogP contribution >= 0.6 is 0 Å². The summed E-state index contributed by atoms with van der Waals surface area (Å²) in [4.78, 5) is 12.2. The Kier molecular flexibility index (Phi) is 4.48. The topological polar surface area (TPSA) is 80.6 Å². The van der Waals surface area contributed by atoms with Gasteiger partial charge in [0.2, 0.25) is 10.0 Å². The fourth-order valence-corrected chi connectivity index (χ4v) is 4.53. The Labute approximate surface area is 136 Å². The van der Waals surface area contributed by atoms with Gasteiger partial charge in [0.15, 0.2) is 0 Å². The number of nitrogens with one attached hydrogen (secondary N) is 1. The van der Waals surface area contributed by atoms with Gasteiger partial charge in [-0.25, -0.2) is 8.42 Å². The summed E-state index contributed by atoms with van der Waals surface area (Å²) < 4.78 is 33.0. The highest BCUT2D eigenvalue weighted by Gasteiger charge is 2.46. The van der Waals surface area contributed by atoms with Gasteiger partial charge in [0.25, 0.3) is 5.91 Å². The Hall–Kier alpha value is -1.38. The Bertz CT molecular complexity index is 685. The van der Waals surface area contributed by atoms with E-state index in [4.69, 9.17) is 4.74 Å². The minimum absolute atomic E-state index is 0.0479. The number of nitrogens with zero attached hydrogens (tertiary/aromatic N) is 2. The van der Waals surface area contributed by atoms with Gasteiger partial charge in [-0.1, -0.05) is 0 Å². The van der Waals surface area contributed by atoms with E-state index < -0.39 is 10.0 Å². The number of carbonyl (C=O) groups excluding carboxylic acids is 1. The number of fused-ring (bicyclic) bond motifs is 1. The van der Waals surface area contributed by atoms with Crippen molar-refractivity contribution in [1.29, 1.82) is 0 Å². The van der Waals surface area contributed by atoms with Crippen LogP contribution in [0.25, 0.3) is 0 Å². The summed E-state index contributed by atoms with van der Waals surface area (Å²) in [7, 11) is -1.35. The van der Waals surface area contributed by atoms with E-state index >= 15 is 0 Å². The van der Waals surface area contributed by atoms with E-state index in [2.05, 4.69) is 5.32 Å². The molecule has 2 fully saturated rings. The van der Waals surface area contributed by atoms with Gasteiger partial charge in [0.05, 0.1) is 18.5 Å². The maximum absolute atomic E-state index is 12.2. The third-order valence-electron chi connectivity index (χ3n) is 4.86. The first kappa shape index (κ1) is 16.5. The van der Waals surface area contributed by atoms with Gasteiger partial charge in [-0.15, -0.1) is 0 Å². The van der Waals surface area contributed by atoms with E-state index in [0.717, 1.165) is 0 Å². The number of sulfonamides is 1. The maximum Gasteiger partial charge on any atom is 0.267 e. The molecule has 128 valence electrons. The third kappa shape index (κ3) is 3.15. The lowest BCUT2D eigenvalue weighted by Gasteiger charge is -2.19. The zero-order chi connectivity index (χ0) is 16.6. The second-order valence-electron chi connectivity index (χ2n) is 6.23. The van der Waals surface area contributed by atoms with E-state index in [1.54, 1.807) is 17.6 Å². The molecule has 0 spiro atoms. The first-order valence-electron chi connectivity index (χ1n) is 7.91. The fraction of sp³-hybridized carbons (Fsp3) is 0.667. The average Bonchev–Trinajstić information content (AvgIpc) is 3.20. The number of hydrogen-bond donors (Lipinski definition) is 1. The van der Waals surface area contributed by atoms with Crippen LogP contribution in [-0.4, -0.2) is 61.3 Å². The summed E-state index contributed by atoms with van der Waals surface area (Å²) in [6, 6.07) is 3.60. The Morgan fingerprint density at radius 1 is 1.43 bits per heavy atom. The van der Waals surface area contributed by atoms with Gasteiger partial charge in [-0.05, 0) is 19.1 Å². The van der Waals surface area contributed by atoms with Crippen LogP contribution in [0.1, 0.15) is 17.4 Å². The third-order valence-corrected chi connectivity index (χ3v) is 6.68. The van der Waals surface area contributed by atoms with Crippen LogP contribution in [0.2, 0.25) is 0 Å². The van der Waals surface area contributed by atoms with Crippen molar-refractivity contribution in [3.05, 3.63) is 24.0 Å². The number of carbonyl (C=O) groups is 1. The first-order valence-corrected chi connectivity index (χ1v) is 9.52. The number of aryl methyl sites for hydroxylation is 1. The molecular weight excluding hydrogens is 318 g/mol. The van der Waals surface area contributed by atoms with Crippen molar-refractivity contribution in [2.75, 3.05) is 32.0 Å². The van der Waals surface area contributed by atoms with Crippen molar-refractivity contribution >= 4 is 15.9 Å². The monoisotopic (exact) mass is 341 g/mol. The van der Waals surface area contributed by atoms with Crippen molar-refractivity contribution in [3.8, 4) is 0 Å². The van der Waals surface area contributed by atoms with Crippen molar-refractivity contribution in [2.24, 2.45) is 18.9 Å². The molecule has 8 heteroatoms. The Balaban J connectivity index is 1.58. The molecule has 0 aliphatic carbocycles. The number of rotatable bonds is 5. The maximum atomic E-state index is 12.2. The number of aromatic nitrogens is 1. The highest BCUT2D eigenvalue weighted by atomic mass is 32.2. The zero-order valence-corrected chi connectivity index (χ0v) is 14.3. The molecule has 3 atom stereocenters. The Morgan fingerprint density at radius 3 is 2.87 bits per heavy atom. The first-order chi connectivity index (χ1) is 10.9. The molecule has 0 aromatic carbocycles. The molecule has 0 bridgehead atoms. The molecule has 0 saturated carbocycles. The summed E-state index contributed by atoms with van der Waals surface area (Å²) in [5.74, 6) is 0.310. The number of ether oxygens (including phenoxy) is 1. The lowest BCUT2D eigenvalue weighted by molar-refractivity contribution is 0.0925. The Morgan fingerprint density at radius 2 is 2.22 bits per heavy atom. The van der Waals surface area contributed by atoms with Crippen LogP contribution in [0, 0.1) is 11.8 Å². The summed E-state index contributed by atoms with van der Waals surface area (Å²) >= 11 is 0. The predicted octanol–water partition coefficient (Wildman–Crippen LogP) is 0.0514. The molecule has 2 aliphatic rings. The molecule has 1 aromatic rings. The van der Waals surface area contributed by atoms with Crippen molar-refractivity contribution in [1.82, 2.24) is 14.2 Å². The van der Waals surface area contributed by atoms with Crippen molar-refractivity contribution in [3.63, 3.8) is 0 Å². The summed E-state index contributed by atoms with van der Waals surface area (Å²) in [5, 5.41) is 2.94. The lowest BCUT2D eigenvalue weighted by Crippen LogP contribution is -2.36. The van der Waals surface area contributed by atoms with Gasteiger partial charge in [-0.3, -0.25) is 4.79 Å². The van der Waals surface area contributed by atoms with Crippen LogP contribution in [0.15, 0.2) is 18.3 Å². The molecule has 1 amide bonds. The van der Waals surface area contributed by atoms with Gasteiger partial charge in [-0.2, -0.15) is 4.31 Å². The van der Waals surface area contributed by atoms with E-state index in [1.165, 1.54) is 4.31 Å².